The summed E-state index contributed by atoms with van der Waals surface area (Å²) in [5.41, 5.74) is 2.29. The summed E-state index contributed by atoms with van der Waals surface area (Å²) in [5.74, 6) is 0.686. The van der Waals surface area contributed by atoms with E-state index in [-0.39, 0.29) is 11.9 Å². The highest BCUT2D eigenvalue weighted by atomic mass is 16.5. The first kappa shape index (κ1) is 13.6. The van der Waals surface area contributed by atoms with E-state index in [2.05, 4.69) is 0 Å². The number of methoxy groups -OCH3 is 1. The van der Waals surface area contributed by atoms with E-state index in [1.165, 1.54) is 0 Å². The molecular formula is C17H17NO3. The van der Waals surface area contributed by atoms with Crippen LogP contribution in [0.5, 0.6) is 5.75 Å². The maximum absolute atomic E-state index is 12.2. The summed E-state index contributed by atoms with van der Waals surface area (Å²) in [6, 6.07) is 14.3. The van der Waals surface area contributed by atoms with Gasteiger partial charge in [-0.3, -0.25) is 4.79 Å². The summed E-state index contributed by atoms with van der Waals surface area (Å²) in [6.07, 6.45) is -0.770. The summed E-state index contributed by atoms with van der Waals surface area (Å²) < 4.78 is 5.12. The number of aliphatic hydroxyl groups excluding tert-OH is 1. The van der Waals surface area contributed by atoms with Gasteiger partial charge in [-0.15, -0.1) is 0 Å². The van der Waals surface area contributed by atoms with Gasteiger partial charge in [0.15, 0.2) is 0 Å². The zero-order valence-electron chi connectivity index (χ0n) is 12.0. The van der Waals surface area contributed by atoms with Gasteiger partial charge in [0.25, 0.3) is 5.91 Å². The van der Waals surface area contributed by atoms with Gasteiger partial charge >= 0.3 is 0 Å². The fourth-order valence-electron chi connectivity index (χ4n) is 2.84. The lowest BCUT2D eigenvalue weighted by molar-refractivity contribution is 0.0514. The quantitative estimate of drug-likeness (QED) is 0.941. The molecule has 4 heteroatoms. The summed E-state index contributed by atoms with van der Waals surface area (Å²) >= 11 is 0. The maximum atomic E-state index is 12.2. The first-order chi connectivity index (χ1) is 10.1. The molecule has 1 amide bonds. The minimum Gasteiger partial charge on any atom is -0.497 e. The van der Waals surface area contributed by atoms with Crippen molar-refractivity contribution in [1.82, 2.24) is 4.90 Å². The van der Waals surface area contributed by atoms with Gasteiger partial charge in [0.05, 0.1) is 13.2 Å². The van der Waals surface area contributed by atoms with Gasteiger partial charge in [0, 0.05) is 12.6 Å². The number of fused-ring (bicyclic) bond motifs is 1. The number of ether oxygens (including phenoxy) is 1. The van der Waals surface area contributed by atoms with Crippen LogP contribution in [0.1, 0.15) is 33.6 Å². The van der Waals surface area contributed by atoms with Crippen molar-refractivity contribution in [2.24, 2.45) is 0 Å². The Labute approximate surface area is 123 Å². The third-order valence-electron chi connectivity index (χ3n) is 4.00. The fourth-order valence-corrected chi connectivity index (χ4v) is 2.84. The SMILES string of the molecule is COc1ccc([C@@H](O)[C@H]2c3ccccc3C(=O)N2C)cc1. The van der Waals surface area contributed by atoms with Gasteiger partial charge in [-0.25, -0.2) is 0 Å². The Morgan fingerprint density at radius 3 is 2.48 bits per heavy atom. The molecule has 3 rings (SSSR count). The van der Waals surface area contributed by atoms with Gasteiger partial charge in [-0.1, -0.05) is 30.3 Å². The minimum atomic E-state index is -0.770. The number of likely N-dealkylation sites (N-methyl/N-ethyl adjacent to an activating group) is 1. The molecule has 1 N–H and O–H groups in total. The number of nitrogens with zero attached hydrogens (tertiary/aromatic N) is 1. The normalized spacial score (nSPS) is 18.5. The lowest BCUT2D eigenvalue weighted by Gasteiger charge is -2.26. The summed E-state index contributed by atoms with van der Waals surface area (Å²) in [5, 5.41) is 10.7. The zero-order valence-corrected chi connectivity index (χ0v) is 12.0. The second-order valence-corrected chi connectivity index (χ2v) is 5.17. The number of carbonyl (C=O) groups excluding carboxylic acids is 1. The van der Waals surface area contributed by atoms with Gasteiger partial charge in [-0.2, -0.15) is 0 Å². The highest BCUT2D eigenvalue weighted by Gasteiger charge is 2.38. The Balaban J connectivity index is 1.97. The lowest BCUT2D eigenvalue weighted by Crippen LogP contribution is -2.27. The van der Waals surface area contributed by atoms with Crippen LogP contribution in [0.4, 0.5) is 0 Å². The molecular weight excluding hydrogens is 266 g/mol. The molecule has 0 saturated carbocycles. The zero-order chi connectivity index (χ0) is 15.0. The van der Waals surface area contributed by atoms with Crippen LogP contribution >= 0.6 is 0 Å². The molecule has 2 aromatic rings. The van der Waals surface area contributed by atoms with Gasteiger partial charge in [0.2, 0.25) is 0 Å². The molecule has 4 nitrogen and oxygen atoms in total. The topological polar surface area (TPSA) is 49.8 Å². The largest absolute Gasteiger partial charge is 0.497 e. The Morgan fingerprint density at radius 2 is 1.81 bits per heavy atom. The molecule has 0 saturated heterocycles. The smallest absolute Gasteiger partial charge is 0.254 e. The molecule has 0 fully saturated rings. The monoisotopic (exact) mass is 283 g/mol. The highest BCUT2D eigenvalue weighted by molar-refractivity contribution is 5.99. The molecule has 108 valence electrons. The first-order valence-electron chi connectivity index (χ1n) is 6.81. The average Bonchev–Trinajstić information content (AvgIpc) is 2.79. The number of hydrogen-bond acceptors (Lipinski definition) is 3. The molecule has 0 radical (unpaired) electrons. The van der Waals surface area contributed by atoms with E-state index in [0.29, 0.717) is 5.56 Å². The van der Waals surface area contributed by atoms with E-state index in [4.69, 9.17) is 4.74 Å². The van der Waals surface area contributed by atoms with E-state index in [0.717, 1.165) is 16.9 Å². The van der Waals surface area contributed by atoms with Crippen LogP contribution < -0.4 is 4.74 Å². The van der Waals surface area contributed by atoms with Crippen LogP contribution in [-0.4, -0.2) is 30.1 Å². The summed E-state index contributed by atoms with van der Waals surface area (Å²) in [7, 11) is 3.32. The van der Waals surface area contributed by atoms with E-state index in [9.17, 15) is 9.90 Å². The minimum absolute atomic E-state index is 0.0526. The number of carbonyl (C=O) groups is 1. The van der Waals surface area contributed by atoms with Crippen LogP contribution in [0.25, 0.3) is 0 Å². The van der Waals surface area contributed by atoms with Crippen LogP contribution in [-0.2, 0) is 0 Å². The van der Waals surface area contributed by atoms with Gasteiger partial charge in [-0.05, 0) is 29.3 Å². The summed E-state index contributed by atoms with van der Waals surface area (Å²) in [6.45, 7) is 0. The molecule has 2 aromatic carbocycles. The Hall–Kier alpha value is -2.33. The third kappa shape index (κ3) is 2.17. The van der Waals surface area contributed by atoms with E-state index in [1.54, 1.807) is 37.3 Å². The Bertz CT molecular complexity index is 666. The van der Waals surface area contributed by atoms with Crippen LogP contribution in [0.15, 0.2) is 48.5 Å². The van der Waals surface area contributed by atoms with E-state index < -0.39 is 6.10 Å². The number of rotatable bonds is 3. The van der Waals surface area contributed by atoms with Crippen molar-refractivity contribution in [3.8, 4) is 5.75 Å². The number of aliphatic hydroxyl groups is 1. The van der Waals surface area contributed by atoms with Crippen LogP contribution in [0.3, 0.4) is 0 Å². The molecule has 0 aliphatic carbocycles. The van der Waals surface area contributed by atoms with E-state index in [1.807, 2.05) is 30.3 Å². The lowest BCUT2D eigenvalue weighted by atomic mass is 9.95. The van der Waals surface area contributed by atoms with Crippen molar-refractivity contribution < 1.29 is 14.6 Å². The second kappa shape index (κ2) is 5.22. The fraction of sp³-hybridized carbons (Fsp3) is 0.235. The molecule has 0 spiro atoms. The number of amides is 1. The van der Waals surface area contributed by atoms with Crippen LogP contribution in [0, 0.1) is 0 Å². The Morgan fingerprint density at radius 1 is 1.14 bits per heavy atom. The molecule has 2 atom stereocenters. The Kier molecular flexibility index (Phi) is 3.39. The number of benzene rings is 2. The molecule has 1 aliphatic rings. The van der Waals surface area contributed by atoms with Crippen molar-refractivity contribution >= 4 is 5.91 Å². The molecule has 1 heterocycles. The maximum Gasteiger partial charge on any atom is 0.254 e. The summed E-state index contributed by atoms with van der Waals surface area (Å²) in [4.78, 5) is 13.8. The predicted octanol–water partition coefficient (Wildman–Crippen LogP) is 2.56. The van der Waals surface area contributed by atoms with Crippen molar-refractivity contribution in [2.75, 3.05) is 14.2 Å². The molecule has 0 bridgehead atoms. The van der Waals surface area contributed by atoms with Crippen molar-refractivity contribution in [3.63, 3.8) is 0 Å². The van der Waals surface area contributed by atoms with Crippen molar-refractivity contribution in [3.05, 3.63) is 65.2 Å². The predicted molar refractivity (Wildman–Crippen MR) is 79.2 cm³/mol. The first-order valence-corrected chi connectivity index (χ1v) is 6.81. The van der Waals surface area contributed by atoms with E-state index >= 15 is 0 Å². The second-order valence-electron chi connectivity index (χ2n) is 5.17. The van der Waals surface area contributed by atoms with Crippen molar-refractivity contribution in [1.29, 1.82) is 0 Å². The molecule has 0 unspecified atom stereocenters. The van der Waals surface area contributed by atoms with Gasteiger partial charge in [0.1, 0.15) is 11.9 Å². The molecule has 1 aliphatic heterocycles. The average molecular weight is 283 g/mol. The molecule has 0 aromatic heterocycles. The van der Waals surface area contributed by atoms with Crippen LogP contribution in [0.2, 0.25) is 0 Å². The number of hydrogen-bond donors (Lipinski definition) is 1. The van der Waals surface area contributed by atoms with Crippen molar-refractivity contribution in [2.45, 2.75) is 12.1 Å². The van der Waals surface area contributed by atoms with Gasteiger partial charge < -0.3 is 14.7 Å². The third-order valence-corrected chi connectivity index (χ3v) is 4.00. The standard InChI is InChI=1S/C17H17NO3/c1-18-15(13-5-3-4-6-14(13)17(18)20)16(19)11-7-9-12(21-2)10-8-11/h3-10,15-16,19H,1-2H3/t15-,16-/m1/s1. The highest BCUT2D eigenvalue weighted by Crippen LogP contribution is 2.40. The molecule has 21 heavy (non-hydrogen) atoms.